The molecule has 0 bridgehead atoms. The third-order valence-electron chi connectivity index (χ3n) is 3.30. The Labute approximate surface area is 123 Å². The number of anilines is 1. The zero-order valence-corrected chi connectivity index (χ0v) is 11.9. The van der Waals surface area contributed by atoms with Gasteiger partial charge in [-0.05, 0) is 42.1 Å². The quantitative estimate of drug-likeness (QED) is 0.508. The Hall–Kier alpha value is -2.75. The fraction of sp³-hybridized carbons (Fsp3) is 0.118. The SMILES string of the molecule is Cc1cccc(NC(N)=NCc2cc3ccccc3[nH]2)c1. The van der Waals surface area contributed by atoms with Crippen molar-refractivity contribution >= 4 is 22.5 Å². The minimum absolute atomic E-state index is 0.416. The molecule has 0 spiro atoms. The van der Waals surface area contributed by atoms with Crippen LogP contribution >= 0.6 is 0 Å². The van der Waals surface area contributed by atoms with Crippen molar-refractivity contribution in [3.05, 3.63) is 65.9 Å². The highest BCUT2D eigenvalue weighted by Gasteiger charge is 2.00. The van der Waals surface area contributed by atoms with E-state index in [0.29, 0.717) is 12.5 Å². The first-order chi connectivity index (χ1) is 10.2. The highest BCUT2D eigenvalue weighted by molar-refractivity contribution is 5.92. The number of nitrogens with zero attached hydrogens (tertiary/aromatic N) is 1. The van der Waals surface area contributed by atoms with Crippen molar-refractivity contribution in [1.29, 1.82) is 0 Å². The molecule has 3 aromatic rings. The lowest BCUT2D eigenvalue weighted by atomic mass is 10.2. The first kappa shape index (κ1) is 13.2. The highest BCUT2D eigenvalue weighted by atomic mass is 15.1. The number of aromatic nitrogens is 1. The zero-order valence-electron chi connectivity index (χ0n) is 11.9. The molecule has 0 atom stereocenters. The molecule has 0 aliphatic heterocycles. The van der Waals surface area contributed by atoms with Crippen LogP contribution in [0.3, 0.4) is 0 Å². The van der Waals surface area contributed by atoms with Gasteiger partial charge in [-0.1, -0.05) is 30.3 Å². The molecular formula is C17H18N4. The third kappa shape index (κ3) is 3.23. The van der Waals surface area contributed by atoms with Gasteiger partial charge in [0.1, 0.15) is 0 Å². The molecule has 21 heavy (non-hydrogen) atoms. The Morgan fingerprint density at radius 3 is 2.81 bits per heavy atom. The Kier molecular flexibility index (Phi) is 3.60. The maximum absolute atomic E-state index is 5.92. The van der Waals surface area contributed by atoms with Gasteiger partial charge in [-0.15, -0.1) is 0 Å². The number of H-pyrrole nitrogens is 1. The van der Waals surface area contributed by atoms with Gasteiger partial charge < -0.3 is 16.0 Å². The Morgan fingerprint density at radius 2 is 2.00 bits per heavy atom. The smallest absolute Gasteiger partial charge is 0.193 e. The summed E-state index contributed by atoms with van der Waals surface area (Å²) in [6.07, 6.45) is 0. The van der Waals surface area contributed by atoms with E-state index in [1.807, 2.05) is 43.3 Å². The second-order valence-corrected chi connectivity index (χ2v) is 5.08. The van der Waals surface area contributed by atoms with Crippen LogP contribution in [0.4, 0.5) is 5.69 Å². The van der Waals surface area contributed by atoms with Crippen molar-refractivity contribution < 1.29 is 0 Å². The Morgan fingerprint density at radius 1 is 1.14 bits per heavy atom. The number of hydrogen-bond donors (Lipinski definition) is 3. The van der Waals surface area contributed by atoms with E-state index in [0.717, 1.165) is 16.9 Å². The molecule has 0 fully saturated rings. The van der Waals surface area contributed by atoms with E-state index < -0.39 is 0 Å². The molecule has 1 heterocycles. The van der Waals surface area contributed by atoms with Gasteiger partial charge in [-0.3, -0.25) is 0 Å². The molecule has 0 saturated carbocycles. The average molecular weight is 278 g/mol. The second kappa shape index (κ2) is 5.71. The predicted molar refractivity (Wildman–Crippen MR) is 88.4 cm³/mol. The van der Waals surface area contributed by atoms with Crippen LogP contribution in [0.2, 0.25) is 0 Å². The molecule has 0 radical (unpaired) electrons. The number of hydrogen-bond acceptors (Lipinski definition) is 1. The van der Waals surface area contributed by atoms with Gasteiger partial charge in [-0.25, -0.2) is 4.99 Å². The summed E-state index contributed by atoms with van der Waals surface area (Å²) < 4.78 is 0. The van der Waals surface area contributed by atoms with E-state index in [2.05, 4.69) is 33.5 Å². The summed E-state index contributed by atoms with van der Waals surface area (Å²) in [5.74, 6) is 0.416. The normalized spacial score (nSPS) is 11.8. The number of aliphatic imine (C=N–C) groups is 1. The van der Waals surface area contributed by atoms with Crippen LogP contribution in [0.5, 0.6) is 0 Å². The van der Waals surface area contributed by atoms with Crippen LogP contribution in [-0.2, 0) is 6.54 Å². The summed E-state index contributed by atoms with van der Waals surface area (Å²) in [7, 11) is 0. The first-order valence-electron chi connectivity index (χ1n) is 6.91. The minimum atomic E-state index is 0.416. The lowest BCUT2D eigenvalue weighted by Gasteiger charge is -2.05. The first-order valence-corrected chi connectivity index (χ1v) is 6.91. The number of fused-ring (bicyclic) bond motifs is 1. The fourth-order valence-corrected chi connectivity index (χ4v) is 2.30. The second-order valence-electron chi connectivity index (χ2n) is 5.08. The number of benzene rings is 2. The molecular weight excluding hydrogens is 260 g/mol. The fourth-order valence-electron chi connectivity index (χ4n) is 2.30. The van der Waals surface area contributed by atoms with Gasteiger partial charge in [0.05, 0.1) is 6.54 Å². The summed E-state index contributed by atoms with van der Waals surface area (Å²) in [5.41, 5.74) is 10.2. The molecule has 0 unspecified atom stereocenters. The van der Waals surface area contributed by atoms with E-state index in [-0.39, 0.29) is 0 Å². The summed E-state index contributed by atoms with van der Waals surface area (Å²) >= 11 is 0. The zero-order chi connectivity index (χ0) is 14.7. The Balaban J connectivity index is 1.70. The van der Waals surface area contributed by atoms with Crippen LogP contribution in [-0.4, -0.2) is 10.9 Å². The van der Waals surface area contributed by atoms with Crippen molar-refractivity contribution in [2.24, 2.45) is 10.7 Å². The lowest BCUT2D eigenvalue weighted by Crippen LogP contribution is -2.22. The number of rotatable bonds is 3. The summed E-state index contributed by atoms with van der Waals surface area (Å²) in [6.45, 7) is 2.57. The van der Waals surface area contributed by atoms with E-state index >= 15 is 0 Å². The number of para-hydroxylation sites is 1. The summed E-state index contributed by atoms with van der Waals surface area (Å²) in [4.78, 5) is 7.70. The van der Waals surface area contributed by atoms with Crippen LogP contribution in [0, 0.1) is 6.92 Å². The van der Waals surface area contributed by atoms with Crippen LogP contribution in [0.15, 0.2) is 59.6 Å². The maximum atomic E-state index is 5.92. The van der Waals surface area contributed by atoms with Gasteiger partial charge in [0.2, 0.25) is 0 Å². The van der Waals surface area contributed by atoms with Gasteiger partial charge in [0.25, 0.3) is 0 Å². The van der Waals surface area contributed by atoms with Gasteiger partial charge >= 0.3 is 0 Å². The molecule has 4 nitrogen and oxygen atoms in total. The van der Waals surface area contributed by atoms with Crippen molar-refractivity contribution in [3.8, 4) is 0 Å². The topological polar surface area (TPSA) is 66.2 Å². The molecule has 0 aliphatic rings. The van der Waals surface area contributed by atoms with Crippen LogP contribution < -0.4 is 11.1 Å². The number of aryl methyl sites for hydroxylation is 1. The standard InChI is InChI=1S/C17H18N4/c1-12-5-4-7-14(9-12)21-17(18)19-11-15-10-13-6-2-3-8-16(13)20-15/h2-10,20H,11H2,1H3,(H3,18,19,21). The minimum Gasteiger partial charge on any atom is -0.370 e. The van der Waals surface area contributed by atoms with Crippen LogP contribution in [0.1, 0.15) is 11.3 Å². The molecule has 0 amide bonds. The number of nitrogens with two attached hydrogens (primary N) is 1. The molecule has 4 heteroatoms. The monoisotopic (exact) mass is 278 g/mol. The Bertz CT molecular complexity index is 753. The average Bonchev–Trinajstić information content (AvgIpc) is 2.88. The van der Waals surface area contributed by atoms with E-state index in [1.165, 1.54) is 10.9 Å². The number of nitrogens with one attached hydrogen (secondary N) is 2. The predicted octanol–water partition coefficient (Wildman–Crippen LogP) is 3.40. The maximum Gasteiger partial charge on any atom is 0.193 e. The summed E-state index contributed by atoms with van der Waals surface area (Å²) in [5, 5.41) is 4.29. The van der Waals surface area contributed by atoms with E-state index in [1.54, 1.807) is 0 Å². The largest absolute Gasteiger partial charge is 0.370 e. The molecule has 2 aromatic carbocycles. The van der Waals surface area contributed by atoms with Crippen molar-refractivity contribution in [2.75, 3.05) is 5.32 Å². The molecule has 1 aromatic heterocycles. The van der Waals surface area contributed by atoms with E-state index in [4.69, 9.17) is 5.73 Å². The number of guanidine groups is 1. The van der Waals surface area contributed by atoms with E-state index in [9.17, 15) is 0 Å². The molecule has 0 saturated heterocycles. The molecule has 3 rings (SSSR count). The molecule has 0 aliphatic carbocycles. The summed E-state index contributed by atoms with van der Waals surface area (Å²) in [6, 6.07) is 18.3. The van der Waals surface area contributed by atoms with Crippen molar-refractivity contribution in [2.45, 2.75) is 13.5 Å². The lowest BCUT2D eigenvalue weighted by molar-refractivity contribution is 1.01. The van der Waals surface area contributed by atoms with Gasteiger partial charge in [0, 0.05) is 16.9 Å². The van der Waals surface area contributed by atoms with Gasteiger partial charge in [-0.2, -0.15) is 0 Å². The third-order valence-corrected chi connectivity index (χ3v) is 3.30. The molecule has 106 valence electrons. The van der Waals surface area contributed by atoms with Crippen LogP contribution in [0.25, 0.3) is 10.9 Å². The highest BCUT2D eigenvalue weighted by Crippen LogP contribution is 2.15. The van der Waals surface area contributed by atoms with Crippen molar-refractivity contribution in [3.63, 3.8) is 0 Å². The van der Waals surface area contributed by atoms with Crippen molar-refractivity contribution in [1.82, 2.24) is 4.98 Å². The number of aromatic amines is 1. The molecule has 4 N–H and O–H groups in total. The van der Waals surface area contributed by atoms with Gasteiger partial charge in [0.15, 0.2) is 5.96 Å².